The van der Waals surface area contributed by atoms with Crippen LogP contribution >= 0.6 is 0 Å². The average molecular weight is 314 g/mol. The lowest BCUT2D eigenvalue weighted by molar-refractivity contribution is 0.0175. The van der Waals surface area contributed by atoms with Crippen LogP contribution in [-0.2, 0) is 9.47 Å². The van der Waals surface area contributed by atoms with Crippen molar-refractivity contribution >= 4 is 6.09 Å². The van der Waals surface area contributed by atoms with E-state index in [0.29, 0.717) is 18.5 Å². The molecule has 0 radical (unpaired) electrons. The summed E-state index contributed by atoms with van der Waals surface area (Å²) in [6.45, 7) is 11.3. The average Bonchev–Trinajstić information content (AvgIpc) is 2.42. The Morgan fingerprint density at radius 2 is 1.77 bits per heavy atom. The van der Waals surface area contributed by atoms with Crippen molar-refractivity contribution in [3.8, 4) is 0 Å². The third-order valence-corrected chi connectivity index (χ3v) is 4.16. The maximum absolute atomic E-state index is 11.8. The molecule has 0 saturated heterocycles. The first-order valence-corrected chi connectivity index (χ1v) is 8.38. The molecule has 0 bridgehead atoms. The number of ether oxygens (including phenoxy) is 2. The normalized spacial score (nSPS) is 23.2. The summed E-state index contributed by atoms with van der Waals surface area (Å²) in [5, 5.41) is 6.54. The van der Waals surface area contributed by atoms with E-state index in [4.69, 9.17) is 9.47 Å². The molecule has 0 aromatic rings. The SMILES string of the molecule is COC(C)(C)CNC1CCCCC1CNC(=O)OC(C)(C)C. The second-order valence-corrected chi connectivity index (χ2v) is 7.88. The first kappa shape index (κ1) is 19.2. The van der Waals surface area contributed by atoms with Gasteiger partial charge in [-0.1, -0.05) is 12.8 Å². The summed E-state index contributed by atoms with van der Waals surface area (Å²) in [6.07, 6.45) is 4.44. The highest BCUT2D eigenvalue weighted by Gasteiger charge is 2.28. The van der Waals surface area contributed by atoms with Crippen LogP contribution in [-0.4, -0.2) is 43.5 Å². The fourth-order valence-electron chi connectivity index (χ4n) is 2.70. The van der Waals surface area contributed by atoms with Crippen LogP contribution in [0.3, 0.4) is 0 Å². The molecule has 0 heterocycles. The van der Waals surface area contributed by atoms with Crippen LogP contribution in [0.2, 0.25) is 0 Å². The zero-order valence-corrected chi connectivity index (χ0v) is 15.1. The summed E-state index contributed by atoms with van der Waals surface area (Å²) in [5.74, 6) is 0.453. The summed E-state index contributed by atoms with van der Waals surface area (Å²) in [7, 11) is 1.74. The number of carbonyl (C=O) groups is 1. The van der Waals surface area contributed by atoms with Crippen LogP contribution in [0.25, 0.3) is 0 Å². The van der Waals surface area contributed by atoms with Gasteiger partial charge in [-0.15, -0.1) is 0 Å². The first-order valence-electron chi connectivity index (χ1n) is 8.38. The molecule has 0 aromatic carbocycles. The standard InChI is InChI=1S/C17H34N2O3/c1-16(2,3)22-15(20)18-11-13-9-7-8-10-14(13)19-12-17(4,5)21-6/h13-14,19H,7-12H2,1-6H3,(H,18,20). The smallest absolute Gasteiger partial charge is 0.407 e. The predicted molar refractivity (Wildman–Crippen MR) is 89.1 cm³/mol. The maximum Gasteiger partial charge on any atom is 0.407 e. The molecule has 0 spiro atoms. The van der Waals surface area contributed by atoms with E-state index >= 15 is 0 Å². The summed E-state index contributed by atoms with van der Waals surface area (Å²) in [4.78, 5) is 11.8. The van der Waals surface area contributed by atoms with Gasteiger partial charge in [0.15, 0.2) is 0 Å². The second kappa shape index (κ2) is 8.16. The second-order valence-electron chi connectivity index (χ2n) is 7.88. The van der Waals surface area contributed by atoms with E-state index in [-0.39, 0.29) is 11.7 Å². The van der Waals surface area contributed by atoms with Crippen molar-refractivity contribution in [3.05, 3.63) is 0 Å². The predicted octanol–water partition coefficient (Wildman–Crippen LogP) is 3.08. The van der Waals surface area contributed by atoms with Crippen molar-refractivity contribution in [2.45, 2.75) is 77.5 Å². The van der Waals surface area contributed by atoms with E-state index in [1.165, 1.54) is 12.8 Å². The zero-order valence-electron chi connectivity index (χ0n) is 15.1. The van der Waals surface area contributed by atoms with Crippen molar-refractivity contribution in [1.29, 1.82) is 0 Å². The number of hydrogen-bond acceptors (Lipinski definition) is 4. The molecular formula is C17H34N2O3. The van der Waals surface area contributed by atoms with Crippen LogP contribution in [0.5, 0.6) is 0 Å². The summed E-state index contributed by atoms with van der Waals surface area (Å²) in [5.41, 5.74) is -0.614. The number of carbonyl (C=O) groups excluding carboxylic acids is 1. The minimum Gasteiger partial charge on any atom is -0.444 e. The number of alkyl carbamates (subject to hydrolysis) is 1. The Morgan fingerprint density at radius 1 is 1.14 bits per heavy atom. The van der Waals surface area contributed by atoms with E-state index in [0.717, 1.165) is 19.4 Å². The van der Waals surface area contributed by atoms with Gasteiger partial charge in [-0.2, -0.15) is 0 Å². The van der Waals surface area contributed by atoms with Crippen molar-refractivity contribution in [2.24, 2.45) is 5.92 Å². The van der Waals surface area contributed by atoms with Gasteiger partial charge in [-0.05, 0) is 53.4 Å². The lowest BCUT2D eigenvalue weighted by atomic mass is 9.84. The van der Waals surface area contributed by atoms with E-state index in [1.54, 1.807) is 7.11 Å². The van der Waals surface area contributed by atoms with Crippen LogP contribution < -0.4 is 10.6 Å². The lowest BCUT2D eigenvalue weighted by Gasteiger charge is -2.35. The molecule has 2 unspecified atom stereocenters. The minimum atomic E-state index is -0.448. The summed E-state index contributed by atoms with van der Waals surface area (Å²) in [6, 6.07) is 0.429. The van der Waals surface area contributed by atoms with E-state index in [2.05, 4.69) is 24.5 Å². The van der Waals surface area contributed by atoms with Gasteiger partial charge >= 0.3 is 6.09 Å². The Morgan fingerprint density at radius 3 is 2.36 bits per heavy atom. The van der Waals surface area contributed by atoms with Crippen molar-refractivity contribution in [2.75, 3.05) is 20.2 Å². The number of amides is 1. The maximum atomic E-state index is 11.8. The molecule has 2 N–H and O–H groups in total. The van der Waals surface area contributed by atoms with Crippen LogP contribution in [0.15, 0.2) is 0 Å². The highest BCUT2D eigenvalue weighted by molar-refractivity contribution is 5.67. The van der Waals surface area contributed by atoms with Gasteiger partial charge in [-0.25, -0.2) is 4.79 Å². The van der Waals surface area contributed by atoms with Gasteiger partial charge in [0.05, 0.1) is 5.60 Å². The fraction of sp³-hybridized carbons (Fsp3) is 0.941. The number of methoxy groups -OCH3 is 1. The molecule has 22 heavy (non-hydrogen) atoms. The molecular weight excluding hydrogens is 280 g/mol. The van der Waals surface area contributed by atoms with E-state index < -0.39 is 5.60 Å². The Kier molecular flexibility index (Phi) is 7.13. The van der Waals surface area contributed by atoms with Crippen LogP contribution in [0, 0.1) is 5.92 Å². The van der Waals surface area contributed by atoms with Gasteiger partial charge in [-0.3, -0.25) is 0 Å². The van der Waals surface area contributed by atoms with Gasteiger partial charge < -0.3 is 20.1 Å². The number of nitrogens with one attached hydrogen (secondary N) is 2. The molecule has 5 heteroatoms. The Hall–Kier alpha value is -0.810. The van der Waals surface area contributed by atoms with Gasteiger partial charge in [0.2, 0.25) is 0 Å². The molecule has 2 atom stereocenters. The van der Waals surface area contributed by atoms with Gasteiger partial charge in [0, 0.05) is 26.2 Å². The third kappa shape index (κ3) is 7.45. The zero-order chi connectivity index (χ0) is 16.8. The summed E-state index contributed by atoms with van der Waals surface area (Å²) >= 11 is 0. The van der Waals surface area contributed by atoms with Crippen LogP contribution in [0.4, 0.5) is 4.79 Å². The van der Waals surface area contributed by atoms with Crippen LogP contribution in [0.1, 0.15) is 60.3 Å². The molecule has 0 aromatic heterocycles. The first-order chi connectivity index (χ1) is 10.1. The summed E-state index contributed by atoms with van der Waals surface area (Å²) < 4.78 is 10.8. The number of hydrogen-bond donors (Lipinski definition) is 2. The Balaban J connectivity index is 2.43. The van der Waals surface area contributed by atoms with E-state index in [1.807, 2.05) is 20.8 Å². The molecule has 1 saturated carbocycles. The molecule has 5 nitrogen and oxygen atoms in total. The highest BCUT2D eigenvalue weighted by Crippen LogP contribution is 2.24. The molecule has 1 rings (SSSR count). The van der Waals surface area contributed by atoms with Gasteiger partial charge in [0.1, 0.15) is 5.60 Å². The quantitative estimate of drug-likeness (QED) is 0.791. The highest BCUT2D eigenvalue weighted by atomic mass is 16.6. The molecule has 130 valence electrons. The number of rotatable bonds is 6. The Labute approximate surface area is 135 Å². The molecule has 1 aliphatic rings. The lowest BCUT2D eigenvalue weighted by Crippen LogP contribution is -2.49. The molecule has 1 fully saturated rings. The third-order valence-electron chi connectivity index (χ3n) is 4.16. The molecule has 0 aliphatic heterocycles. The minimum absolute atomic E-state index is 0.166. The molecule has 1 aliphatic carbocycles. The van der Waals surface area contributed by atoms with Crippen molar-refractivity contribution in [3.63, 3.8) is 0 Å². The fourth-order valence-corrected chi connectivity index (χ4v) is 2.70. The molecule has 1 amide bonds. The van der Waals surface area contributed by atoms with Crippen molar-refractivity contribution in [1.82, 2.24) is 10.6 Å². The monoisotopic (exact) mass is 314 g/mol. The van der Waals surface area contributed by atoms with Gasteiger partial charge in [0.25, 0.3) is 0 Å². The largest absolute Gasteiger partial charge is 0.444 e. The van der Waals surface area contributed by atoms with Crippen molar-refractivity contribution < 1.29 is 14.3 Å². The van der Waals surface area contributed by atoms with E-state index in [9.17, 15) is 4.79 Å². The Bertz CT molecular complexity index is 350. The topological polar surface area (TPSA) is 59.6 Å².